The minimum Gasteiger partial charge on any atom is -0.497 e. The number of thioether (sulfide) groups is 1. The molecule has 0 aromatic heterocycles. The van der Waals surface area contributed by atoms with Gasteiger partial charge in [0.25, 0.3) is 5.91 Å². The van der Waals surface area contributed by atoms with Crippen molar-refractivity contribution < 1.29 is 37.3 Å². The average molecular weight is 444 g/mol. The third-order valence-corrected chi connectivity index (χ3v) is 7.59. The first kappa shape index (κ1) is 21.4. The predicted molar refractivity (Wildman–Crippen MR) is 107 cm³/mol. The van der Waals surface area contributed by atoms with Crippen molar-refractivity contribution in [3.05, 3.63) is 18.2 Å². The quantitative estimate of drug-likeness (QED) is 0.630. The van der Waals surface area contributed by atoms with Gasteiger partial charge in [-0.2, -0.15) is 4.99 Å². The molecule has 2 aliphatic heterocycles. The van der Waals surface area contributed by atoms with Gasteiger partial charge in [0.2, 0.25) is 0 Å². The number of sulfone groups is 1. The highest BCUT2D eigenvalue weighted by Crippen LogP contribution is 2.44. The number of carboxylic acids is 1. The van der Waals surface area contributed by atoms with Crippen LogP contribution in [0, 0.1) is 0 Å². The topological polar surface area (TPSA) is 132 Å². The Morgan fingerprint density at radius 3 is 2.66 bits per heavy atom. The Morgan fingerprint density at radius 2 is 2.00 bits per heavy atom. The molecule has 0 saturated carbocycles. The van der Waals surface area contributed by atoms with E-state index >= 15 is 0 Å². The van der Waals surface area contributed by atoms with Gasteiger partial charge in [0.1, 0.15) is 24.7 Å². The number of amidine groups is 1. The van der Waals surface area contributed by atoms with Crippen LogP contribution in [-0.2, 0) is 24.2 Å². The first-order valence-electron chi connectivity index (χ1n) is 8.53. The number of rotatable bonds is 7. The minimum atomic E-state index is -3.22. The third-order valence-electron chi connectivity index (χ3n) is 4.38. The van der Waals surface area contributed by atoms with Gasteiger partial charge in [-0.1, -0.05) is 11.8 Å². The van der Waals surface area contributed by atoms with E-state index in [0.29, 0.717) is 22.4 Å². The summed E-state index contributed by atoms with van der Waals surface area (Å²) in [5, 5.41) is 8.62. The number of ether oxygens (including phenoxy) is 3. The third kappa shape index (κ3) is 4.82. The maximum absolute atomic E-state index is 12.2. The zero-order valence-electron chi connectivity index (χ0n) is 15.7. The molecule has 1 aromatic carbocycles. The van der Waals surface area contributed by atoms with Crippen LogP contribution < -0.4 is 14.4 Å². The summed E-state index contributed by atoms with van der Waals surface area (Å²) in [6.07, 6.45) is 0. The molecule has 2 atom stereocenters. The Morgan fingerprint density at radius 1 is 1.24 bits per heavy atom. The molecule has 2 saturated heterocycles. The molecule has 12 heteroatoms. The fourth-order valence-corrected chi connectivity index (χ4v) is 7.12. The Hall–Kier alpha value is -2.31. The molecule has 0 radical (unpaired) electrons. The summed E-state index contributed by atoms with van der Waals surface area (Å²) in [6.45, 7) is -1.10. The summed E-state index contributed by atoms with van der Waals surface area (Å²) < 4.78 is 39.8. The van der Waals surface area contributed by atoms with Crippen LogP contribution in [-0.4, -0.2) is 80.8 Å². The Bertz CT molecular complexity index is 947. The number of hydrogen-bond donors (Lipinski definition) is 1. The van der Waals surface area contributed by atoms with Gasteiger partial charge in [-0.3, -0.25) is 4.79 Å². The maximum Gasteiger partial charge on any atom is 0.329 e. The predicted octanol–water partition coefficient (Wildman–Crippen LogP) is 0.406. The van der Waals surface area contributed by atoms with Gasteiger partial charge in [-0.05, 0) is 12.1 Å². The van der Waals surface area contributed by atoms with E-state index in [9.17, 15) is 18.0 Å². The van der Waals surface area contributed by atoms with Gasteiger partial charge < -0.3 is 24.2 Å². The van der Waals surface area contributed by atoms with E-state index in [2.05, 4.69) is 4.99 Å². The van der Waals surface area contributed by atoms with Gasteiger partial charge >= 0.3 is 5.97 Å². The number of methoxy groups -OCH3 is 2. The zero-order chi connectivity index (χ0) is 21.2. The zero-order valence-corrected chi connectivity index (χ0v) is 17.4. The molecular weight excluding hydrogens is 424 g/mol. The number of nitrogens with zero attached hydrogens (tertiary/aromatic N) is 2. The molecule has 158 valence electrons. The van der Waals surface area contributed by atoms with Crippen molar-refractivity contribution in [1.82, 2.24) is 0 Å². The summed E-state index contributed by atoms with van der Waals surface area (Å²) in [6, 6.07) is 4.66. The second-order valence-corrected chi connectivity index (χ2v) is 9.74. The number of amides is 1. The van der Waals surface area contributed by atoms with Crippen molar-refractivity contribution in [1.29, 1.82) is 0 Å². The van der Waals surface area contributed by atoms with Gasteiger partial charge in [0.15, 0.2) is 15.0 Å². The van der Waals surface area contributed by atoms with Crippen LogP contribution in [0.2, 0.25) is 0 Å². The number of anilines is 1. The molecule has 2 heterocycles. The summed E-state index contributed by atoms with van der Waals surface area (Å²) in [5.41, 5.74) is 0.530. The highest BCUT2D eigenvalue weighted by Gasteiger charge is 2.50. The number of aliphatic carboxylic acids is 1. The number of fused-ring (bicyclic) bond motifs is 1. The second kappa shape index (κ2) is 8.59. The van der Waals surface area contributed by atoms with Crippen molar-refractivity contribution in [2.75, 3.05) is 43.8 Å². The molecule has 1 amide bonds. The summed E-state index contributed by atoms with van der Waals surface area (Å²) >= 11 is 1.19. The van der Waals surface area contributed by atoms with Crippen LogP contribution >= 0.6 is 11.8 Å². The molecule has 29 heavy (non-hydrogen) atoms. The van der Waals surface area contributed by atoms with Crippen LogP contribution in [0.25, 0.3) is 0 Å². The van der Waals surface area contributed by atoms with Gasteiger partial charge in [-0.25, -0.2) is 13.2 Å². The number of benzene rings is 1. The lowest BCUT2D eigenvalue weighted by molar-refractivity contribution is -0.143. The standard InChI is InChI=1S/C17H20N2O8S2/c1-25-10-3-4-13(26-2)11(5-10)19-12-8-29(23,24)9-14(12)28-17(19)18-15(20)6-27-7-16(21)22/h3-5,12,14H,6-9H2,1-2H3,(H,21,22)/t12-,14+/m0/s1. The van der Waals surface area contributed by atoms with Crippen LogP contribution in [0.5, 0.6) is 11.5 Å². The molecule has 2 aliphatic rings. The van der Waals surface area contributed by atoms with E-state index in [-0.39, 0.29) is 16.8 Å². The molecule has 0 unspecified atom stereocenters. The molecule has 0 spiro atoms. The molecule has 1 N–H and O–H groups in total. The van der Waals surface area contributed by atoms with Crippen LogP contribution in [0.15, 0.2) is 23.2 Å². The SMILES string of the molecule is COc1ccc(OC)c(N2C(=NC(=O)COCC(=O)O)S[C@@H]3CS(=O)(=O)C[C@@H]32)c1. The monoisotopic (exact) mass is 444 g/mol. The van der Waals surface area contributed by atoms with E-state index in [0.717, 1.165) is 0 Å². The highest BCUT2D eigenvalue weighted by molar-refractivity contribution is 8.16. The first-order chi connectivity index (χ1) is 13.7. The largest absolute Gasteiger partial charge is 0.497 e. The van der Waals surface area contributed by atoms with Gasteiger partial charge in [0, 0.05) is 11.3 Å². The van der Waals surface area contributed by atoms with E-state index < -0.39 is 41.0 Å². The Kier molecular flexibility index (Phi) is 6.34. The number of hydrogen-bond acceptors (Lipinski definition) is 8. The van der Waals surface area contributed by atoms with Crippen molar-refractivity contribution in [2.45, 2.75) is 11.3 Å². The second-order valence-electron chi connectivity index (χ2n) is 6.38. The number of carbonyl (C=O) groups is 2. The van der Waals surface area contributed by atoms with Crippen molar-refractivity contribution in [3.8, 4) is 11.5 Å². The van der Waals surface area contributed by atoms with E-state index in [1.807, 2.05) is 0 Å². The van der Waals surface area contributed by atoms with Crippen molar-refractivity contribution >= 4 is 44.3 Å². The number of carbonyl (C=O) groups excluding carboxylic acids is 1. The Balaban J connectivity index is 1.96. The average Bonchev–Trinajstić information content (AvgIpc) is 3.11. The number of carboxylic acid groups (broad SMARTS) is 1. The van der Waals surface area contributed by atoms with Gasteiger partial charge in [-0.15, -0.1) is 0 Å². The maximum atomic E-state index is 12.2. The van der Waals surface area contributed by atoms with E-state index in [1.165, 1.54) is 26.0 Å². The normalized spacial score (nSPS) is 23.8. The fourth-order valence-electron chi connectivity index (χ4n) is 3.20. The lowest BCUT2D eigenvalue weighted by Gasteiger charge is -2.26. The van der Waals surface area contributed by atoms with Crippen LogP contribution in [0.1, 0.15) is 0 Å². The molecule has 0 aliphatic carbocycles. The lowest BCUT2D eigenvalue weighted by Crippen LogP contribution is -2.38. The summed E-state index contributed by atoms with van der Waals surface area (Å²) in [5.74, 6) is -0.947. The van der Waals surface area contributed by atoms with Crippen molar-refractivity contribution in [2.24, 2.45) is 4.99 Å². The van der Waals surface area contributed by atoms with Crippen LogP contribution in [0.3, 0.4) is 0 Å². The highest BCUT2D eigenvalue weighted by atomic mass is 32.2. The smallest absolute Gasteiger partial charge is 0.329 e. The molecule has 3 rings (SSSR count). The molecule has 2 fully saturated rings. The molecule has 1 aromatic rings. The summed E-state index contributed by atoms with van der Waals surface area (Å²) in [4.78, 5) is 28.4. The van der Waals surface area contributed by atoms with Crippen LogP contribution in [0.4, 0.5) is 5.69 Å². The lowest BCUT2D eigenvalue weighted by atomic mass is 10.2. The molecule has 0 bridgehead atoms. The van der Waals surface area contributed by atoms with E-state index in [1.54, 1.807) is 23.1 Å². The van der Waals surface area contributed by atoms with Gasteiger partial charge in [0.05, 0.1) is 37.5 Å². The van der Waals surface area contributed by atoms with E-state index in [4.69, 9.17) is 19.3 Å². The minimum absolute atomic E-state index is 0.0200. The molecular formula is C17H20N2O8S2. The van der Waals surface area contributed by atoms with Crippen molar-refractivity contribution in [3.63, 3.8) is 0 Å². The Labute approximate surface area is 171 Å². The number of aliphatic imine (C=N–C) groups is 1. The first-order valence-corrected chi connectivity index (χ1v) is 11.2. The fraction of sp³-hybridized carbons (Fsp3) is 0.471. The summed E-state index contributed by atoms with van der Waals surface area (Å²) in [7, 11) is -0.231. The molecule has 10 nitrogen and oxygen atoms in total.